The van der Waals surface area contributed by atoms with Gasteiger partial charge in [-0.3, -0.25) is 9.78 Å². The SMILES string of the molecule is CC.Cc1ccncc1.Nc1c(C=O)sc2nc(-c3cncnc3)ccc12. The van der Waals surface area contributed by atoms with Gasteiger partial charge in [0.1, 0.15) is 11.2 Å². The Labute approximate surface area is 162 Å². The van der Waals surface area contributed by atoms with Gasteiger partial charge in [0.15, 0.2) is 6.29 Å². The van der Waals surface area contributed by atoms with E-state index in [-0.39, 0.29) is 0 Å². The molecule has 4 heterocycles. The monoisotopic (exact) mass is 379 g/mol. The summed E-state index contributed by atoms with van der Waals surface area (Å²) in [5.41, 5.74) is 9.20. The van der Waals surface area contributed by atoms with Crippen LogP contribution in [0.2, 0.25) is 0 Å². The van der Waals surface area contributed by atoms with Crippen molar-refractivity contribution in [1.29, 1.82) is 0 Å². The van der Waals surface area contributed by atoms with Gasteiger partial charge >= 0.3 is 0 Å². The first-order chi connectivity index (χ1) is 13.2. The third-order valence-corrected chi connectivity index (χ3v) is 4.47. The van der Waals surface area contributed by atoms with E-state index < -0.39 is 0 Å². The number of aldehydes is 1. The first-order valence-corrected chi connectivity index (χ1v) is 9.27. The zero-order chi connectivity index (χ0) is 19.6. The molecule has 0 aliphatic carbocycles. The molecule has 6 nitrogen and oxygen atoms in total. The van der Waals surface area contributed by atoms with E-state index in [1.54, 1.807) is 24.8 Å². The Morgan fingerprint density at radius 1 is 1.00 bits per heavy atom. The van der Waals surface area contributed by atoms with Gasteiger partial charge in [-0.05, 0) is 36.8 Å². The lowest BCUT2D eigenvalue weighted by molar-refractivity contribution is 0.112. The van der Waals surface area contributed by atoms with Gasteiger partial charge in [-0.25, -0.2) is 15.0 Å². The molecule has 0 saturated heterocycles. The van der Waals surface area contributed by atoms with Crippen molar-refractivity contribution < 1.29 is 4.79 Å². The molecule has 4 aromatic rings. The Balaban J connectivity index is 0.000000244. The largest absolute Gasteiger partial charge is 0.397 e. The number of nitrogens with zero attached hydrogens (tertiary/aromatic N) is 4. The Hall–Kier alpha value is -3.19. The molecule has 0 saturated carbocycles. The predicted molar refractivity (Wildman–Crippen MR) is 111 cm³/mol. The zero-order valence-electron chi connectivity index (χ0n) is 15.5. The van der Waals surface area contributed by atoms with Gasteiger partial charge in [0.05, 0.1) is 16.3 Å². The molecule has 0 radical (unpaired) electrons. The van der Waals surface area contributed by atoms with Gasteiger partial charge < -0.3 is 5.73 Å². The standard InChI is InChI=1S/C12H8N4OS.C6H7N.C2H6/c13-11-8-1-2-9(7-3-14-6-15-4-7)16-12(8)18-10(11)5-17;1-6-2-4-7-5-3-6;1-2/h1-6H,13H2;2-5H,1H3;1-2H3. The average Bonchev–Trinajstić information content (AvgIpc) is 3.06. The molecule has 4 aromatic heterocycles. The number of nitrogen functional groups attached to an aromatic ring is 1. The fraction of sp³-hybridized carbons (Fsp3) is 0.150. The van der Waals surface area contributed by atoms with Crippen molar-refractivity contribution in [3.8, 4) is 11.3 Å². The van der Waals surface area contributed by atoms with Crippen LogP contribution in [-0.2, 0) is 0 Å². The number of carbonyl (C=O) groups is 1. The number of fused-ring (bicyclic) bond motifs is 1. The van der Waals surface area contributed by atoms with Crippen LogP contribution in [0.4, 0.5) is 5.69 Å². The highest BCUT2D eigenvalue weighted by molar-refractivity contribution is 7.20. The van der Waals surface area contributed by atoms with Crippen molar-refractivity contribution in [3.05, 3.63) is 65.8 Å². The number of nitrogens with two attached hydrogens (primary N) is 1. The molecule has 0 unspecified atom stereocenters. The minimum atomic E-state index is 0.494. The van der Waals surface area contributed by atoms with E-state index in [4.69, 9.17) is 5.73 Å². The van der Waals surface area contributed by atoms with Crippen molar-refractivity contribution in [2.24, 2.45) is 0 Å². The summed E-state index contributed by atoms with van der Waals surface area (Å²) in [7, 11) is 0. The number of aromatic nitrogens is 4. The lowest BCUT2D eigenvalue weighted by atomic mass is 10.2. The fourth-order valence-corrected chi connectivity index (χ4v) is 3.03. The van der Waals surface area contributed by atoms with Gasteiger partial charge in [0, 0.05) is 35.7 Å². The molecule has 0 amide bonds. The summed E-state index contributed by atoms with van der Waals surface area (Å²) in [5.74, 6) is 0. The van der Waals surface area contributed by atoms with Gasteiger partial charge in [0.2, 0.25) is 0 Å². The zero-order valence-corrected chi connectivity index (χ0v) is 16.3. The quantitative estimate of drug-likeness (QED) is 0.513. The van der Waals surface area contributed by atoms with E-state index in [1.807, 2.05) is 45.0 Å². The summed E-state index contributed by atoms with van der Waals surface area (Å²) >= 11 is 1.29. The van der Waals surface area contributed by atoms with Crippen molar-refractivity contribution >= 4 is 33.5 Å². The van der Waals surface area contributed by atoms with Gasteiger partial charge in [0.25, 0.3) is 0 Å². The summed E-state index contributed by atoms with van der Waals surface area (Å²) in [5, 5.41) is 0.808. The molecular weight excluding hydrogens is 358 g/mol. The molecule has 0 aliphatic rings. The second-order valence-electron chi connectivity index (χ2n) is 5.20. The lowest BCUT2D eigenvalue weighted by Crippen LogP contribution is -1.88. The van der Waals surface area contributed by atoms with Crippen LogP contribution in [0, 0.1) is 6.92 Å². The van der Waals surface area contributed by atoms with Crippen molar-refractivity contribution in [2.75, 3.05) is 5.73 Å². The van der Waals surface area contributed by atoms with Crippen LogP contribution >= 0.6 is 11.3 Å². The van der Waals surface area contributed by atoms with Crippen molar-refractivity contribution in [1.82, 2.24) is 19.9 Å². The summed E-state index contributed by atoms with van der Waals surface area (Å²) in [6.07, 6.45) is 9.19. The first kappa shape index (κ1) is 20.1. The number of rotatable bonds is 2. The molecule has 0 fully saturated rings. The normalized spacial score (nSPS) is 9.59. The maximum Gasteiger partial charge on any atom is 0.162 e. The van der Waals surface area contributed by atoms with E-state index in [1.165, 1.54) is 23.2 Å². The maximum absolute atomic E-state index is 10.8. The van der Waals surface area contributed by atoms with E-state index >= 15 is 0 Å². The summed E-state index contributed by atoms with van der Waals surface area (Å²) in [6.45, 7) is 6.04. The highest BCUT2D eigenvalue weighted by atomic mass is 32.1. The number of thiophene rings is 1. The molecule has 4 rings (SSSR count). The highest BCUT2D eigenvalue weighted by Crippen LogP contribution is 2.32. The topological polar surface area (TPSA) is 94.7 Å². The molecule has 2 N–H and O–H groups in total. The number of anilines is 1. The van der Waals surface area contributed by atoms with Crippen LogP contribution < -0.4 is 5.73 Å². The number of aryl methyl sites for hydroxylation is 1. The number of hydrogen-bond donors (Lipinski definition) is 1. The lowest BCUT2D eigenvalue weighted by Gasteiger charge is -1.99. The van der Waals surface area contributed by atoms with E-state index in [0.29, 0.717) is 10.6 Å². The minimum Gasteiger partial charge on any atom is -0.397 e. The predicted octanol–water partition coefficient (Wildman–Crippen LogP) is 4.56. The molecule has 138 valence electrons. The van der Waals surface area contributed by atoms with E-state index in [9.17, 15) is 4.79 Å². The summed E-state index contributed by atoms with van der Waals surface area (Å²) < 4.78 is 0. The van der Waals surface area contributed by atoms with E-state index in [0.717, 1.165) is 27.8 Å². The van der Waals surface area contributed by atoms with Crippen LogP contribution in [0.15, 0.2) is 55.4 Å². The minimum absolute atomic E-state index is 0.494. The van der Waals surface area contributed by atoms with Crippen LogP contribution in [0.1, 0.15) is 29.1 Å². The fourth-order valence-electron chi connectivity index (χ4n) is 2.12. The highest BCUT2D eigenvalue weighted by Gasteiger charge is 2.11. The molecule has 0 atom stereocenters. The smallest absolute Gasteiger partial charge is 0.162 e. The number of pyridine rings is 2. The Morgan fingerprint density at radius 2 is 1.67 bits per heavy atom. The van der Waals surface area contributed by atoms with E-state index in [2.05, 4.69) is 19.9 Å². The third kappa shape index (κ3) is 5.15. The first-order valence-electron chi connectivity index (χ1n) is 8.45. The van der Waals surface area contributed by atoms with Crippen LogP contribution in [0.3, 0.4) is 0 Å². The van der Waals surface area contributed by atoms with Gasteiger partial charge in [-0.1, -0.05) is 13.8 Å². The van der Waals surface area contributed by atoms with Gasteiger partial charge in [-0.15, -0.1) is 11.3 Å². The Kier molecular flexibility index (Phi) is 7.51. The molecule has 7 heteroatoms. The summed E-state index contributed by atoms with van der Waals surface area (Å²) in [6, 6.07) is 7.65. The molecule has 0 bridgehead atoms. The Morgan fingerprint density at radius 3 is 2.22 bits per heavy atom. The summed E-state index contributed by atoms with van der Waals surface area (Å²) in [4.78, 5) is 28.3. The number of hydrogen-bond acceptors (Lipinski definition) is 7. The number of carbonyl (C=O) groups excluding carboxylic acids is 1. The maximum atomic E-state index is 10.8. The average molecular weight is 379 g/mol. The van der Waals surface area contributed by atoms with Crippen molar-refractivity contribution in [3.63, 3.8) is 0 Å². The van der Waals surface area contributed by atoms with Gasteiger partial charge in [-0.2, -0.15) is 0 Å². The Bertz CT molecular complexity index is 987. The molecular formula is C20H21N5OS. The second kappa shape index (κ2) is 10.1. The van der Waals surface area contributed by atoms with Crippen molar-refractivity contribution in [2.45, 2.75) is 20.8 Å². The molecule has 0 aromatic carbocycles. The third-order valence-electron chi connectivity index (χ3n) is 3.43. The van der Waals surface area contributed by atoms with Crippen LogP contribution in [0.5, 0.6) is 0 Å². The molecule has 0 spiro atoms. The molecule has 27 heavy (non-hydrogen) atoms. The second-order valence-corrected chi connectivity index (χ2v) is 6.23. The van der Waals surface area contributed by atoms with Crippen LogP contribution in [0.25, 0.3) is 21.5 Å². The molecule has 0 aliphatic heterocycles. The van der Waals surface area contributed by atoms with Crippen LogP contribution in [-0.4, -0.2) is 26.2 Å².